The summed E-state index contributed by atoms with van der Waals surface area (Å²) < 4.78 is 12.2. The molecule has 0 aliphatic heterocycles. The largest absolute Gasteiger partial charge is 0.309 e. The number of hydrogen-bond donors (Lipinski definition) is 1. The van der Waals surface area contributed by atoms with Crippen molar-refractivity contribution < 1.29 is 4.21 Å². The molecule has 0 bridgehead atoms. The van der Waals surface area contributed by atoms with Crippen LogP contribution in [0.1, 0.15) is 12.5 Å². The summed E-state index contributed by atoms with van der Waals surface area (Å²) in [6.07, 6.45) is 3.54. The zero-order chi connectivity index (χ0) is 13.8. The summed E-state index contributed by atoms with van der Waals surface area (Å²) in [5.41, 5.74) is 2.17. The number of nitrogens with one attached hydrogen (secondary N) is 1. The molecule has 0 saturated carbocycles. The van der Waals surface area contributed by atoms with Gasteiger partial charge in [-0.15, -0.1) is 0 Å². The Morgan fingerprint density at radius 2 is 2.21 bits per heavy atom. The van der Waals surface area contributed by atoms with Crippen LogP contribution in [0.5, 0.6) is 0 Å². The molecule has 0 fully saturated rings. The topological polar surface area (TPSA) is 42.0 Å². The van der Waals surface area contributed by atoms with Crippen molar-refractivity contribution in [1.29, 1.82) is 0 Å². The molecule has 2 atom stereocenters. The second-order valence-corrected chi connectivity index (χ2v) is 6.96. The van der Waals surface area contributed by atoms with Gasteiger partial charge in [-0.1, -0.05) is 28.1 Å². The molecule has 0 spiro atoms. The Labute approximate surface area is 124 Å². The van der Waals surface area contributed by atoms with Crippen LogP contribution in [-0.4, -0.2) is 27.2 Å². The number of benzene rings is 1. The molecule has 102 valence electrons. The molecule has 5 heteroatoms. The molecule has 1 aromatic heterocycles. The number of fused-ring (bicyclic) bond motifs is 1. The minimum absolute atomic E-state index is 0.230. The second kappa shape index (κ2) is 6.59. The molecule has 0 aliphatic rings. The molecule has 19 heavy (non-hydrogen) atoms. The maximum Gasteiger partial charge on any atom is 0.0758 e. The molecule has 3 nitrogen and oxygen atoms in total. The first-order valence-corrected chi connectivity index (χ1v) is 8.65. The van der Waals surface area contributed by atoms with E-state index in [1.54, 1.807) is 6.26 Å². The lowest BCUT2D eigenvalue weighted by atomic mass is 10.1. The van der Waals surface area contributed by atoms with E-state index < -0.39 is 10.8 Å². The summed E-state index contributed by atoms with van der Waals surface area (Å²) in [6, 6.07) is 8.34. The molecule has 2 rings (SSSR count). The van der Waals surface area contributed by atoms with Gasteiger partial charge in [-0.05, 0) is 24.6 Å². The van der Waals surface area contributed by atoms with Gasteiger partial charge < -0.3 is 5.32 Å². The Balaban J connectivity index is 2.17. The van der Waals surface area contributed by atoms with Crippen molar-refractivity contribution in [3.05, 3.63) is 40.5 Å². The van der Waals surface area contributed by atoms with Gasteiger partial charge in [-0.3, -0.25) is 9.19 Å². The van der Waals surface area contributed by atoms with E-state index in [0.29, 0.717) is 5.75 Å². The van der Waals surface area contributed by atoms with Crippen molar-refractivity contribution in [2.24, 2.45) is 0 Å². The van der Waals surface area contributed by atoms with Gasteiger partial charge in [0.25, 0.3) is 0 Å². The molecule has 2 unspecified atom stereocenters. The molecule has 1 heterocycles. The Bertz CT molecular complexity index is 603. The van der Waals surface area contributed by atoms with Crippen molar-refractivity contribution in [1.82, 2.24) is 10.3 Å². The molecule has 0 saturated heterocycles. The van der Waals surface area contributed by atoms with E-state index in [4.69, 9.17) is 0 Å². The highest BCUT2D eigenvalue weighted by molar-refractivity contribution is 9.10. The lowest BCUT2D eigenvalue weighted by Gasteiger charge is -2.13. The molecule has 2 aromatic rings. The molecular weight excluding hydrogens is 324 g/mol. The quantitative estimate of drug-likeness (QED) is 0.909. The zero-order valence-corrected chi connectivity index (χ0v) is 13.4. The van der Waals surface area contributed by atoms with E-state index in [9.17, 15) is 4.21 Å². The molecular formula is C14H17BrN2OS. The Morgan fingerprint density at radius 3 is 2.95 bits per heavy atom. The normalized spacial score (nSPS) is 14.5. The van der Waals surface area contributed by atoms with Crippen LogP contribution in [0, 0.1) is 0 Å². The molecule has 1 N–H and O–H groups in total. The number of halogens is 1. The van der Waals surface area contributed by atoms with E-state index in [1.165, 1.54) is 0 Å². The van der Waals surface area contributed by atoms with Crippen molar-refractivity contribution in [3.63, 3.8) is 0 Å². The highest BCUT2D eigenvalue weighted by Crippen LogP contribution is 2.25. The van der Waals surface area contributed by atoms with E-state index >= 15 is 0 Å². The van der Waals surface area contributed by atoms with Gasteiger partial charge in [0, 0.05) is 51.5 Å². The minimum Gasteiger partial charge on any atom is -0.309 e. The number of nitrogens with zero attached hydrogens (tertiary/aromatic N) is 1. The van der Waals surface area contributed by atoms with Crippen molar-refractivity contribution >= 4 is 37.6 Å². The van der Waals surface area contributed by atoms with Gasteiger partial charge in [0.05, 0.1) is 5.52 Å². The first-order valence-electron chi connectivity index (χ1n) is 6.13. The lowest BCUT2D eigenvalue weighted by molar-refractivity contribution is 0.588. The molecule has 0 amide bonds. The predicted molar refractivity (Wildman–Crippen MR) is 84.7 cm³/mol. The minimum atomic E-state index is -0.770. The first-order chi connectivity index (χ1) is 9.08. The average Bonchev–Trinajstić information content (AvgIpc) is 2.37. The Kier molecular flexibility index (Phi) is 5.07. The van der Waals surface area contributed by atoms with Gasteiger partial charge in [-0.25, -0.2) is 0 Å². The lowest BCUT2D eigenvalue weighted by Crippen LogP contribution is -2.30. The third-order valence-corrected chi connectivity index (χ3v) is 4.59. The number of rotatable bonds is 5. The fraction of sp³-hybridized carbons (Fsp3) is 0.357. The summed E-state index contributed by atoms with van der Waals surface area (Å²) in [5.74, 6) is 0.669. The van der Waals surface area contributed by atoms with Crippen molar-refractivity contribution in [2.45, 2.75) is 19.5 Å². The van der Waals surface area contributed by atoms with Gasteiger partial charge in [0.15, 0.2) is 0 Å². The highest BCUT2D eigenvalue weighted by Gasteiger charge is 2.08. The van der Waals surface area contributed by atoms with Crippen LogP contribution >= 0.6 is 15.9 Å². The predicted octanol–water partition coefficient (Wildman–Crippen LogP) is 2.85. The maximum absolute atomic E-state index is 11.2. The average molecular weight is 341 g/mol. The van der Waals surface area contributed by atoms with E-state index in [-0.39, 0.29) is 6.04 Å². The smallest absolute Gasteiger partial charge is 0.0758 e. The summed E-state index contributed by atoms with van der Waals surface area (Å²) in [5, 5.41) is 4.51. The Morgan fingerprint density at radius 1 is 1.42 bits per heavy atom. The third kappa shape index (κ3) is 3.84. The maximum atomic E-state index is 11.2. The van der Waals surface area contributed by atoms with Crippen LogP contribution in [0.3, 0.4) is 0 Å². The van der Waals surface area contributed by atoms with Gasteiger partial charge in [0.2, 0.25) is 0 Å². The van der Waals surface area contributed by atoms with E-state index in [1.807, 2.05) is 18.3 Å². The van der Waals surface area contributed by atoms with Crippen LogP contribution in [0.15, 0.2) is 34.9 Å². The van der Waals surface area contributed by atoms with Crippen LogP contribution in [0.4, 0.5) is 0 Å². The Hall–Kier alpha value is -0.780. The number of pyridine rings is 1. The van der Waals surface area contributed by atoms with Crippen LogP contribution in [-0.2, 0) is 17.3 Å². The second-order valence-electron chi connectivity index (χ2n) is 4.63. The van der Waals surface area contributed by atoms with Crippen LogP contribution in [0.2, 0.25) is 0 Å². The van der Waals surface area contributed by atoms with Crippen molar-refractivity contribution in [2.75, 3.05) is 12.0 Å². The first kappa shape index (κ1) is 14.6. The summed E-state index contributed by atoms with van der Waals surface area (Å²) in [7, 11) is -0.770. The third-order valence-electron chi connectivity index (χ3n) is 2.93. The van der Waals surface area contributed by atoms with Gasteiger partial charge in [-0.2, -0.15) is 0 Å². The monoisotopic (exact) mass is 340 g/mol. The molecule has 1 aromatic carbocycles. The van der Waals surface area contributed by atoms with Crippen LogP contribution < -0.4 is 5.32 Å². The van der Waals surface area contributed by atoms with Gasteiger partial charge in [0.1, 0.15) is 0 Å². The standard InChI is InChI=1S/C14H17BrN2OS/c1-10(9-19(2)18)17-8-11-5-6-13(15)12-4-3-7-16-14(11)12/h3-7,10,17H,8-9H2,1-2H3. The van der Waals surface area contributed by atoms with E-state index in [0.717, 1.165) is 27.5 Å². The fourth-order valence-corrected chi connectivity index (χ4v) is 3.31. The molecule has 0 radical (unpaired) electrons. The summed E-state index contributed by atoms with van der Waals surface area (Å²) in [4.78, 5) is 4.45. The fourth-order valence-electron chi connectivity index (χ4n) is 2.03. The van der Waals surface area contributed by atoms with Crippen molar-refractivity contribution in [3.8, 4) is 0 Å². The number of hydrogen-bond acceptors (Lipinski definition) is 3. The molecule has 0 aliphatic carbocycles. The zero-order valence-electron chi connectivity index (χ0n) is 11.0. The summed E-state index contributed by atoms with van der Waals surface area (Å²) in [6.45, 7) is 2.79. The van der Waals surface area contributed by atoms with Gasteiger partial charge >= 0.3 is 0 Å². The van der Waals surface area contributed by atoms with E-state index in [2.05, 4.69) is 45.3 Å². The highest BCUT2D eigenvalue weighted by atomic mass is 79.9. The SMILES string of the molecule is CC(CS(C)=O)NCc1ccc(Br)c2cccnc12. The summed E-state index contributed by atoms with van der Waals surface area (Å²) >= 11 is 3.54. The number of aromatic nitrogens is 1. The van der Waals surface area contributed by atoms with Crippen LogP contribution in [0.25, 0.3) is 10.9 Å².